The van der Waals surface area contributed by atoms with Gasteiger partial charge in [0.2, 0.25) is 0 Å². The van der Waals surface area contributed by atoms with Crippen molar-refractivity contribution in [3.8, 4) is 5.75 Å². The van der Waals surface area contributed by atoms with Crippen molar-refractivity contribution in [1.82, 2.24) is 9.88 Å². The fraction of sp³-hybridized carbons (Fsp3) is 0.684. The monoisotopic (exact) mass is 349 g/mol. The molecule has 1 amide bonds. The van der Waals surface area contributed by atoms with E-state index < -0.39 is 5.60 Å². The summed E-state index contributed by atoms with van der Waals surface area (Å²) < 4.78 is 11.4. The highest BCUT2D eigenvalue weighted by atomic mass is 16.6. The van der Waals surface area contributed by atoms with Crippen LogP contribution in [-0.2, 0) is 4.74 Å². The summed E-state index contributed by atoms with van der Waals surface area (Å²) in [4.78, 5) is 20.6. The van der Waals surface area contributed by atoms with Gasteiger partial charge in [0.1, 0.15) is 18.0 Å². The van der Waals surface area contributed by atoms with Crippen LogP contribution >= 0.6 is 0 Å². The molecule has 0 radical (unpaired) electrons. The Kier molecular flexibility index (Phi) is 6.51. The maximum atomic E-state index is 12.3. The number of anilines is 1. The molecule has 0 unspecified atom stereocenters. The van der Waals surface area contributed by atoms with Crippen LogP contribution in [0.2, 0.25) is 0 Å². The predicted octanol–water partition coefficient (Wildman–Crippen LogP) is 3.71. The van der Waals surface area contributed by atoms with Crippen molar-refractivity contribution in [2.75, 3.05) is 31.1 Å². The summed E-state index contributed by atoms with van der Waals surface area (Å²) in [6.07, 6.45) is 5.23. The van der Waals surface area contributed by atoms with Gasteiger partial charge in [0.15, 0.2) is 0 Å². The molecule has 0 aromatic carbocycles. The second-order valence-corrected chi connectivity index (χ2v) is 7.33. The van der Waals surface area contributed by atoms with Crippen LogP contribution in [0.4, 0.5) is 10.5 Å². The molecular weight excluding hydrogens is 318 g/mol. The first-order valence-electron chi connectivity index (χ1n) is 9.16. The van der Waals surface area contributed by atoms with Gasteiger partial charge in [0.05, 0.1) is 24.1 Å². The van der Waals surface area contributed by atoms with Crippen LogP contribution in [0.3, 0.4) is 0 Å². The average molecular weight is 349 g/mol. The van der Waals surface area contributed by atoms with E-state index >= 15 is 0 Å². The maximum absolute atomic E-state index is 12.3. The van der Waals surface area contributed by atoms with E-state index in [1.54, 1.807) is 11.1 Å². The van der Waals surface area contributed by atoms with Crippen molar-refractivity contribution in [3.05, 3.63) is 18.5 Å². The van der Waals surface area contributed by atoms with Gasteiger partial charge in [-0.05, 0) is 47.5 Å². The highest BCUT2D eigenvalue weighted by Gasteiger charge is 2.32. The number of nitrogens with zero attached hydrogens (tertiary/aromatic N) is 3. The lowest BCUT2D eigenvalue weighted by atomic mass is 10.2. The van der Waals surface area contributed by atoms with Gasteiger partial charge in [0.25, 0.3) is 0 Å². The Morgan fingerprint density at radius 1 is 1.32 bits per heavy atom. The molecule has 1 fully saturated rings. The van der Waals surface area contributed by atoms with E-state index in [0.29, 0.717) is 6.61 Å². The van der Waals surface area contributed by atoms with Crippen LogP contribution in [-0.4, -0.2) is 53.9 Å². The number of carbonyl (C=O) groups excluding carboxylic acids is 1. The van der Waals surface area contributed by atoms with E-state index in [2.05, 4.69) is 23.7 Å². The molecular formula is C19H31N3O3. The molecule has 6 heteroatoms. The van der Waals surface area contributed by atoms with Crippen molar-refractivity contribution in [3.63, 3.8) is 0 Å². The third-order valence-electron chi connectivity index (χ3n) is 4.27. The number of pyridine rings is 1. The Labute approximate surface area is 151 Å². The Bertz CT molecular complexity index is 567. The van der Waals surface area contributed by atoms with Gasteiger partial charge in [-0.25, -0.2) is 4.79 Å². The minimum absolute atomic E-state index is 0.0481. The summed E-state index contributed by atoms with van der Waals surface area (Å²) in [7, 11) is 0. The maximum Gasteiger partial charge on any atom is 0.410 e. The quantitative estimate of drug-likeness (QED) is 0.784. The molecule has 0 aliphatic carbocycles. The smallest absolute Gasteiger partial charge is 0.410 e. The molecule has 0 N–H and O–H groups in total. The van der Waals surface area contributed by atoms with Crippen LogP contribution in [0.15, 0.2) is 18.5 Å². The van der Waals surface area contributed by atoms with E-state index in [0.717, 1.165) is 43.9 Å². The molecule has 1 saturated heterocycles. The fourth-order valence-corrected chi connectivity index (χ4v) is 3.01. The number of ether oxygens (including phenoxy) is 2. The fourth-order valence-electron chi connectivity index (χ4n) is 3.01. The van der Waals surface area contributed by atoms with Crippen molar-refractivity contribution in [2.45, 2.75) is 59.1 Å². The minimum Gasteiger partial charge on any atom is -0.490 e. The summed E-state index contributed by atoms with van der Waals surface area (Å²) >= 11 is 0. The zero-order valence-corrected chi connectivity index (χ0v) is 16.1. The Morgan fingerprint density at radius 2 is 2.04 bits per heavy atom. The number of rotatable bonds is 6. The number of aromatic nitrogens is 1. The van der Waals surface area contributed by atoms with E-state index in [1.165, 1.54) is 0 Å². The third kappa shape index (κ3) is 5.51. The molecule has 0 spiro atoms. The summed E-state index contributed by atoms with van der Waals surface area (Å²) in [5, 5.41) is 0. The average Bonchev–Trinajstić information content (AvgIpc) is 3.02. The van der Waals surface area contributed by atoms with E-state index in [1.807, 2.05) is 33.0 Å². The molecule has 140 valence electrons. The standard InChI is InChI=1S/C19H31N3O3/c1-6-21(7-2)16-11-17(13-20-12-16)24-14-15-9-8-10-22(15)18(23)25-19(3,4)5/h11-13,15H,6-10,14H2,1-5H3/t15-/m0/s1. The zero-order chi connectivity index (χ0) is 18.4. The highest BCUT2D eigenvalue weighted by molar-refractivity contribution is 5.69. The van der Waals surface area contributed by atoms with Crippen LogP contribution in [0.1, 0.15) is 47.5 Å². The van der Waals surface area contributed by atoms with Gasteiger partial charge >= 0.3 is 6.09 Å². The second kappa shape index (κ2) is 8.41. The summed E-state index contributed by atoms with van der Waals surface area (Å²) in [6, 6.07) is 2.05. The van der Waals surface area contributed by atoms with Crippen LogP contribution in [0.25, 0.3) is 0 Å². The van der Waals surface area contributed by atoms with Crippen molar-refractivity contribution >= 4 is 11.8 Å². The number of hydrogen-bond acceptors (Lipinski definition) is 5. The van der Waals surface area contributed by atoms with Crippen molar-refractivity contribution in [1.29, 1.82) is 0 Å². The largest absolute Gasteiger partial charge is 0.490 e. The normalized spacial score (nSPS) is 17.5. The Morgan fingerprint density at radius 3 is 2.68 bits per heavy atom. The first-order valence-corrected chi connectivity index (χ1v) is 9.16. The summed E-state index contributed by atoms with van der Waals surface area (Å²) in [6.45, 7) is 12.9. The first-order chi connectivity index (χ1) is 11.8. The third-order valence-corrected chi connectivity index (χ3v) is 4.27. The van der Waals surface area contributed by atoms with Gasteiger partial charge in [0, 0.05) is 25.7 Å². The molecule has 1 aliphatic rings. The number of carbonyl (C=O) groups is 1. The van der Waals surface area contributed by atoms with E-state index in [9.17, 15) is 4.79 Å². The Hall–Kier alpha value is -1.98. The SMILES string of the molecule is CCN(CC)c1cncc(OC[C@@H]2CCCN2C(=O)OC(C)(C)C)c1. The molecule has 1 aliphatic heterocycles. The number of amides is 1. The highest BCUT2D eigenvalue weighted by Crippen LogP contribution is 2.23. The number of hydrogen-bond donors (Lipinski definition) is 0. The molecule has 6 nitrogen and oxygen atoms in total. The Balaban J connectivity index is 1.96. The molecule has 1 aromatic heterocycles. The topological polar surface area (TPSA) is 54.9 Å². The van der Waals surface area contributed by atoms with E-state index in [-0.39, 0.29) is 12.1 Å². The lowest BCUT2D eigenvalue weighted by Crippen LogP contribution is -2.42. The van der Waals surface area contributed by atoms with Crippen LogP contribution < -0.4 is 9.64 Å². The number of likely N-dealkylation sites (tertiary alicyclic amines) is 1. The predicted molar refractivity (Wildman–Crippen MR) is 99.3 cm³/mol. The zero-order valence-electron chi connectivity index (χ0n) is 16.1. The van der Waals surface area contributed by atoms with Crippen molar-refractivity contribution in [2.24, 2.45) is 0 Å². The van der Waals surface area contributed by atoms with Gasteiger partial charge in [-0.1, -0.05) is 0 Å². The van der Waals surface area contributed by atoms with Crippen LogP contribution in [0, 0.1) is 0 Å². The first kappa shape index (κ1) is 19.3. The van der Waals surface area contributed by atoms with Gasteiger partial charge < -0.3 is 19.3 Å². The van der Waals surface area contributed by atoms with Crippen LogP contribution in [0.5, 0.6) is 5.75 Å². The molecule has 2 heterocycles. The van der Waals surface area contributed by atoms with Crippen molar-refractivity contribution < 1.29 is 14.3 Å². The molecule has 1 atom stereocenters. The lowest BCUT2D eigenvalue weighted by Gasteiger charge is -2.28. The van der Waals surface area contributed by atoms with Gasteiger partial charge in [-0.3, -0.25) is 4.98 Å². The summed E-state index contributed by atoms with van der Waals surface area (Å²) in [5.74, 6) is 0.737. The minimum atomic E-state index is -0.479. The summed E-state index contributed by atoms with van der Waals surface area (Å²) in [5.41, 5.74) is 0.575. The lowest BCUT2D eigenvalue weighted by molar-refractivity contribution is 0.0187. The molecule has 1 aromatic rings. The molecule has 25 heavy (non-hydrogen) atoms. The molecule has 0 saturated carbocycles. The van der Waals surface area contributed by atoms with Gasteiger partial charge in [-0.2, -0.15) is 0 Å². The van der Waals surface area contributed by atoms with E-state index in [4.69, 9.17) is 9.47 Å². The molecule has 0 bridgehead atoms. The second-order valence-electron chi connectivity index (χ2n) is 7.33. The van der Waals surface area contributed by atoms with Gasteiger partial charge in [-0.15, -0.1) is 0 Å². The molecule has 2 rings (SSSR count).